The number of aliphatic hydroxyl groups excluding tert-OH is 3. The summed E-state index contributed by atoms with van der Waals surface area (Å²) in [6, 6.07) is 2.79. The van der Waals surface area contributed by atoms with Crippen LogP contribution in [0.25, 0.3) is 11.8 Å². The molecule has 1 saturated carbocycles. The number of phenolic OH excluding ortho intramolecular Hbond substituents is 1. The fraction of sp³-hybridized carbons (Fsp3) is 0.515. The van der Waals surface area contributed by atoms with Gasteiger partial charge in [-0.25, -0.2) is 4.79 Å². The summed E-state index contributed by atoms with van der Waals surface area (Å²) in [5.74, 6) is -8.46. The van der Waals surface area contributed by atoms with E-state index in [0.29, 0.717) is 17.5 Å². The van der Waals surface area contributed by atoms with Crippen molar-refractivity contribution in [1.29, 1.82) is 0 Å². The van der Waals surface area contributed by atoms with Crippen molar-refractivity contribution in [2.24, 2.45) is 22.7 Å². The Hall–Kier alpha value is -3.76. The highest BCUT2D eigenvalue weighted by Gasteiger charge is 2.77. The van der Waals surface area contributed by atoms with Crippen LogP contribution in [0.5, 0.6) is 5.75 Å². The lowest BCUT2D eigenvalue weighted by molar-refractivity contribution is -0.215. The number of ether oxygens (including phenoxy) is 1. The van der Waals surface area contributed by atoms with Crippen molar-refractivity contribution in [3.05, 3.63) is 51.8 Å². The number of allylic oxidation sites excluding steroid dienone is 1. The Bertz CT molecular complexity index is 1510. The number of carbonyl (C=O) groups is 4. The molecule has 1 unspecified atom stereocenters. The molecule has 0 aromatic heterocycles. The van der Waals surface area contributed by atoms with E-state index in [4.69, 9.17) is 4.74 Å². The number of benzene rings is 1. The lowest BCUT2D eigenvalue weighted by atomic mass is 9.40. The second kappa shape index (κ2) is 10.7. The van der Waals surface area contributed by atoms with Gasteiger partial charge in [0.1, 0.15) is 22.8 Å². The predicted octanol–water partition coefficient (Wildman–Crippen LogP) is 4.08. The Labute approximate surface area is 250 Å². The molecule has 4 rings (SSSR count). The Morgan fingerprint density at radius 1 is 1.12 bits per heavy atom. The summed E-state index contributed by atoms with van der Waals surface area (Å²) >= 11 is 0. The number of aliphatic hydroxyl groups is 4. The van der Waals surface area contributed by atoms with E-state index in [1.807, 2.05) is 6.92 Å². The summed E-state index contributed by atoms with van der Waals surface area (Å²) < 4.78 is 5.19. The lowest BCUT2D eigenvalue weighted by Gasteiger charge is -2.63. The maximum Gasteiger partial charge on any atom is 0.330 e. The highest BCUT2D eigenvalue weighted by atomic mass is 16.5. The smallest absolute Gasteiger partial charge is 0.330 e. The van der Waals surface area contributed by atoms with Crippen molar-refractivity contribution in [2.75, 3.05) is 6.61 Å². The van der Waals surface area contributed by atoms with Crippen LogP contribution in [0.4, 0.5) is 0 Å². The van der Waals surface area contributed by atoms with Crippen molar-refractivity contribution in [3.63, 3.8) is 0 Å². The zero-order valence-electron chi connectivity index (χ0n) is 25.5. The summed E-state index contributed by atoms with van der Waals surface area (Å²) in [5, 5.41) is 58.3. The Morgan fingerprint density at radius 2 is 1.74 bits per heavy atom. The third-order valence-electron chi connectivity index (χ3n) is 9.99. The van der Waals surface area contributed by atoms with E-state index >= 15 is 0 Å². The van der Waals surface area contributed by atoms with Crippen LogP contribution in [-0.2, 0) is 23.9 Å². The van der Waals surface area contributed by atoms with E-state index in [1.165, 1.54) is 38.1 Å². The zero-order valence-corrected chi connectivity index (χ0v) is 25.5. The largest absolute Gasteiger partial charge is 0.508 e. The number of esters is 1. The maximum atomic E-state index is 14.5. The van der Waals surface area contributed by atoms with Crippen LogP contribution in [0.1, 0.15) is 83.9 Å². The number of carbonyl (C=O) groups excluding carboxylic acids is 4. The molecular formula is C33H40O10. The monoisotopic (exact) mass is 596 g/mol. The zero-order chi connectivity index (χ0) is 32.4. The predicted molar refractivity (Wildman–Crippen MR) is 157 cm³/mol. The molecule has 5 N–H and O–H groups in total. The summed E-state index contributed by atoms with van der Waals surface area (Å²) in [6.45, 7) is 11.0. The molecule has 1 aromatic rings. The van der Waals surface area contributed by atoms with Gasteiger partial charge in [0, 0.05) is 22.8 Å². The molecule has 0 heterocycles. The van der Waals surface area contributed by atoms with E-state index in [9.17, 15) is 44.7 Å². The van der Waals surface area contributed by atoms with Gasteiger partial charge in [-0.2, -0.15) is 0 Å². The normalized spacial score (nSPS) is 32.2. The molecule has 0 radical (unpaired) electrons. The van der Waals surface area contributed by atoms with Gasteiger partial charge < -0.3 is 30.3 Å². The molecule has 0 bridgehead atoms. The minimum atomic E-state index is -2.95. The summed E-state index contributed by atoms with van der Waals surface area (Å²) in [5.41, 5.74) is -7.29. The Morgan fingerprint density at radius 3 is 2.30 bits per heavy atom. The van der Waals surface area contributed by atoms with E-state index in [1.54, 1.807) is 20.8 Å². The first kappa shape index (κ1) is 32.2. The van der Waals surface area contributed by atoms with Crippen LogP contribution in [-0.4, -0.2) is 67.2 Å². The highest BCUT2D eigenvalue weighted by molar-refractivity contribution is 6.24. The summed E-state index contributed by atoms with van der Waals surface area (Å²) in [7, 11) is 0. The Balaban J connectivity index is 2.03. The van der Waals surface area contributed by atoms with Crippen LogP contribution in [0.2, 0.25) is 0 Å². The molecule has 6 atom stereocenters. The molecule has 3 aliphatic rings. The van der Waals surface area contributed by atoms with Crippen LogP contribution < -0.4 is 0 Å². The first-order chi connectivity index (χ1) is 19.9. The molecule has 3 aliphatic carbocycles. The first-order valence-electron chi connectivity index (χ1n) is 14.5. The quantitative estimate of drug-likeness (QED) is 0.133. The molecule has 0 saturated heterocycles. The minimum absolute atomic E-state index is 0.142. The number of rotatable bonds is 7. The van der Waals surface area contributed by atoms with Gasteiger partial charge in [0.05, 0.1) is 23.8 Å². The molecule has 0 amide bonds. The molecule has 10 heteroatoms. The van der Waals surface area contributed by atoms with Crippen LogP contribution in [0, 0.1) is 22.7 Å². The molecular weight excluding hydrogens is 556 g/mol. The molecule has 1 fully saturated rings. The first-order valence-corrected chi connectivity index (χ1v) is 14.5. The average molecular weight is 597 g/mol. The molecule has 0 aliphatic heterocycles. The van der Waals surface area contributed by atoms with Gasteiger partial charge in [0.15, 0.2) is 17.2 Å². The van der Waals surface area contributed by atoms with Gasteiger partial charge in [0.25, 0.3) is 0 Å². The van der Waals surface area contributed by atoms with Gasteiger partial charge >= 0.3 is 5.97 Å². The van der Waals surface area contributed by atoms with Crippen molar-refractivity contribution in [2.45, 2.75) is 78.9 Å². The van der Waals surface area contributed by atoms with E-state index < -0.39 is 92.0 Å². The number of phenols is 1. The maximum absolute atomic E-state index is 14.5. The van der Waals surface area contributed by atoms with Crippen LogP contribution in [0.15, 0.2) is 35.1 Å². The fourth-order valence-corrected chi connectivity index (χ4v) is 7.69. The third kappa shape index (κ3) is 4.13. The molecule has 1 aromatic carbocycles. The number of unbranched alkanes of at least 4 members (excludes halogenated alkanes) is 1. The minimum Gasteiger partial charge on any atom is -0.508 e. The van der Waals surface area contributed by atoms with Gasteiger partial charge in [-0.1, -0.05) is 54.0 Å². The van der Waals surface area contributed by atoms with E-state index in [0.717, 1.165) is 13.3 Å². The van der Waals surface area contributed by atoms with Gasteiger partial charge in [-0.05, 0) is 48.4 Å². The second-order valence-corrected chi connectivity index (χ2v) is 12.6. The standard InChI is InChI=1S/C33H40O10/c1-8-9-14-43-20(36)13-11-18-10-12-19(35)23-21(18)16(4)31(6)25(27(23)38)29(40)33(42)28(39)22(17(5)34)26(37)24(15(2)3)32(33,7)30(31)41/h10-13,15-16,24,30,35,38-39,41-42H,8-9,14H2,1-7H3/b13-11+/t16-,24?,30-,31+,32+,33+/m1/s1. The van der Waals surface area contributed by atoms with Gasteiger partial charge in [-0.15, -0.1) is 0 Å². The number of aromatic hydroxyl groups is 1. The topological polar surface area (TPSA) is 179 Å². The van der Waals surface area contributed by atoms with Crippen molar-refractivity contribution < 1.29 is 49.4 Å². The lowest BCUT2D eigenvalue weighted by Crippen LogP contribution is -2.75. The van der Waals surface area contributed by atoms with E-state index in [2.05, 4.69) is 0 Å². The number of Topliss-reactive ketones (excluding diaryl/α,β-unsaturated/α-hetero) is 3. The second-order valence-electron chi connectivity index (χ2n) is 12.6. The average Bonchev–Trinajstić information content (AvgIpc) is 2.92. The summed E-state index contributed by atoms with van der Waals surface area (Å²) in [6.07, 6.45) is 2.45. The fourth-order valence-electron chi connectivity index (χ4n) is 7.69. The summed E-state index contributed by atoms with van der Waals surface area (Å²) in [4.78, 5) is 53.0. The van der Waals surface area contributed by atoms with Crippen molar-refractivity contribution in [1.82, 2.24) is 0 Å². The Kier molecular flexibility index (Phi) is 8.04. The van der Waals surface area contributed by atoms with Crippen molar-refractivity contribution >= 4 is 35.2 Å². The molecule has 43 heavy (non-hydrogen) atoms. The molecule has 0 spiro atoms. The van der Waals surface area contributed by atoms with Crippen LogP contribution >= 0.6 is 0 Å². The number of hydrogen-bond donors (Lipinski definition) is 5. The SMILES string of the molecule is CCCCOC(=O)/C=C/c1ccc(O)c2c1[C@@H](C)[C@@]1(C)C(=C2O)C(=O)[C@@]2(O)C(O)=C(C(C)=O)C(=O)C(C(C)C)[C@@]2(C)[C@@H]1O. The van der Waals surface area contributed by atoms with Crippen molar-refractivity contribution in [3.8, 4) is 5.75 Å². The third-order valence-corrected chi connectivity index (χ3v) is 9.99. The van der Waals surface area contributed by atoms with Gasteiger partial charge in [-0.3, -0.25) is 14.4 Å². The van der Waals surface area contributed by atoms with E-state index in [-0.39, 0.29) is 12.2 Å². The number of ketones is 3. The molecule has 232 valence electrons. The highest BCUT2D eigenvalue weighted by Crippen LogP contribution is 2.67. The van der Waals surface area contributed by atoms with Gasteiger partial charge in [0.2, 0.25) is 5.78 Å². The number of fused-ring (bicyclic) bond motifs is 3. The van der Waals surface area contributed by atoms with Crippen LogP contribution in [0.3, 0.4) is 0 Å². The molecule has 10 nitrogen and oxygen atoms in total. The number of hydrogen-bond acceptors (Lipinski definition) is 10.